The van der Waals surface area contributed by atoms with Crippen LogP contribution >= 0.6 is 0 Å². The van der Waals surface area contributed by atoms with E-state index in [0.717, 1.165) is 22.9 Å². The molecule has 96 valence electrons. The van der Waals surface area contributed by atoms with Crippen molar-refractivity contribution in [2.75, 3.05) is 7.11 Å². The molecular formula is C14H19N3O. The molecule has 1 heterocycles. The number of rotatable bonds is 5. The quantitative estimate of drug-likeness (QED) is 0.626. The van der Waals surface area contributed by atoms with Gasteiger partial charge in [0.15, 0.2) is 0 Å². The number of nitrogens with zero attached hydrogens (tertiary/aromatic N) is 1. The van der Waals surface area contributed by atoms with E-state index in [2.05, 4.69) is 22.5 Å². The highest BCUT2D eigenvalue weighted by Crippen LogP contribution is 2.26. The second-order valence-corrected chi connectivity index (χ2v) is 4.42. The standard InChI is InChI=1S/C14H19N3O/c1-10(18-2)9-14(17-15)12-5-3-7-13-11(12)6-4-8-16-13/h3-8,10,14,17H,9,15H2,1-2H3. The van der Waals surface area contributed by atoms with Crippen LogP contribution in [0.15, 0.2) is 36.5 Å². The van der Waals surface area contributed by atoms with E-state index in [4.69, 9.17) is 10.6 Å². The molecule has 2 aromatic rings. The molecule has 0 radical (unpaired) electrons. The van der Waals surface area contributed by atoms with Crippen LogP contribution in [0.25, 0.3) is 10.9 Å². The molecule has 0 bridgehead atoms. The fourth-order valence-corrected chi connectivity index (χ4v) is 2.14. The van der Waals surface area contributed by atoms with Gasteiger partial charge in [0.05, 0.1) is 11.6 Å². The lowest BCUT2D eigenvalue weighted by molar-refractivity contribution is 0.101. The fourth-order valence-electron chi connectivity index (χ4n) is 2.14. The molecule has 0 saturated heterocycles. The summed E-state index contributed by atoms with van der Waals surface area (Å²) >= 11 is 0. The summed E-state index contributed by atoms with van der Waals surface area (Å²) in [6.45, 7) is 2.04. The topological polar surface area (TPSA) is 60.2 Å². The normalized spacial score (nSPS) is 14.6. The zero-order chi connectivity index (χ0) is 13.0. The maximum atomic E-state index is 5.67. The van der Waals surface area contributed by atoms with Crippen molar-refractivity contribution < 1.29 is 4.74 Å². The number of hydrazine groups is 1. The molecule has 1 aromatic carbocycles. The van der Waals surface area contributed by atoms with Gasteiger partial charge in [-0.3, -0.25) is 16.3 Å². The number of nitrogens with one attached hydrogen (secondary N) is 1. The van der Waals surface area contributed by atoms with E-state index in [0.29, 0.717) is 0 Å². The smallest absolute Gasteiger partial charge is 0.0705 e. The van der Waals surface area contributed by atoms with E-state index >= 15 is 0 Å². The molecule has 4 heteroatoms. The van der Waals surface area contributed by atoms with E-state index < -0.39 is 0 Å². The number of hydrogen-bond acceptors (Lipinski definition) is 4. The van der Waals surface area contributed by atoms with Gasteiger partial charge >= 0.3 is 0 Å². The zero-order valence-corrected chi connectivity index (χ0v) is 10.8. The van der Waals surface area contributed by atoms with Crippen molar-refractivity contribution in [2.45, 2.75) is 25.5 Å². The Bertz CT molecular complexity index is 510. The zero-order valence-electron chi connectivity index (χ0n) is 10.8. The number of hydrogen-bond donors (Lipinski definition) is 2. The van der Waals surface area contributed by atoms with Crippen LogP contribution in [-0.4, -0.2) is 18.2 Å². The lowest BCUT2D eigenvalue weighted by Gasteiger charge is -2.21. The SMILES string of the molecule is COC(C)CC(NN)c1cccc2ncccc12. The van der Waals surface area contributed by atoms with Gasteiger partial charge in [0.2, 0.25) is 0 Å². The molecular weight excluding hydrogens is 226 g/mol. The number of nitrogens with two attached hydrogens (primary N) is 1. The van der Waals surface area contributed by atoms with E-state index in [1.807, 2.05) is 25.1 Å². The Hall–Kier alpha value is -1.49. The minimum Gasteiger partial charge on any atom is -0.382 e. The van der Waals surface area contributed by atoms with Crippen molar-refractivity contribution in [3.05, 3.63) is 42.1 Å². The van der Waals surface area contributed by atoms with Gasteiger partial charge in [-0.25, -0.2) is 0 Å². The second kappa shape index (κ2) is 5.91. The van der Waals surface area contributed by atoms with E-state index in [1.54, 1.807) is 13.3 Å². The Morgan fingerprint density at radius 2 is 2.17 bits per heavy atom. The third-order valence-electron chi connectivity index (χ3n) is 3.23. The first-order valence-electron chi connectivity index (χ1n) is 6.08. The van der Waals surface area contributed by atoms with E-state index in [-0.39, 0.29) is 12.1 Å². The Morgan fingerprint density at radius 3 is 2.89 bits per heavy atom. The molecule has 0 spiro atoms. The van der Waals surface area contributed by atoms with Crippen LogP contribution in [-0.2, 0) is 4.74 Å². The maximum absolute atomic E-state index is 5.67. The van der Waals surface area contributed by atoms with Crippen LogP contribution in [0.2, 0.25) is 0 Å². The molecule has 0 aliphatic heterocycles. The van der Waals surface area contributed by atoms with Gasteiger partial charge in [-0.2, -0.15) is 0 Å². The van der Waals surface area contributed by atoms with Crippen LogP contribution in [0.4, 0.5) is 0 Å². The van der Waals surface area contributed by atoms with Crippen LogP contribution in [0, 0.1) is 0 Å². The molecule has 1 aromatic heterocycles. The number of ether oxygens (including phenoxy) is 1. The van der Waals surface area contributed by atoms with Crippen molar-refractivity contribution in [3.8, 4) is 0 Å². The summed E-state index contributed by atoms with van der Waals surface area (Å²) in [5.74, 6) is 5.67. The molecule has 2 atom stereocenters. The summed E-state index contributed by atoms with van der Waals surface area (Å²) in [6.07, 6.45) is 2.77. The molecule has 4 nitrogen and oxygen atoms in total. The Kier molecular flexibility index (Phi) is 4.25. The highest BCUT2D eigenvalue weighted by Gasteiger charge is 2.16. The lowest BCUT2D eigenvalue weighted by Crippen LogP contribution is -2.31. The highest BCUT2D eigenvalue weighted by molar-refractivity contribution is 5.82. The van der Waals surface area contributed by atoms with Gasteiger partial charge in [-0.05, 0) is 31.0 Å². The first-order chi connectivity index (χ1) is 8.76. The van der Waals surface area contributed by atoms with Crippen LogP contribution in [0.5, 0.6) is 0 Å². The Balaban J connectivity index is 2.38. The number of fused-ring (bicyclic) bond motifs is 1. The van der Waals surface area contributed by atoms with Gasteiger partial charge in [0, 0.05) is 24.7 Å². The van der Waals surface area contributed by atoms with E-state index in [1.165, 1.54) is 0 Å². The van der Waals surface area contributed by atoms with Gasteiger partial charge < -0.3 is 4.74 Å². The summed E-state index contributed by atoms with van der Waals surface area (Å²) in [4.78, 5) is 4.36. The Morgan fingerprint density at radius 1 is 1.33 bits per heavy atom. The minimum absolute atomic E-state index is 0.0628. The average molecular weight is 245 g/mol. The number of methoxy groups -OCH3 is 1. The third kappa shape index (κ3) is 2.67. The summed E-state index contributed by atoms with van der Waals surface area (Å²) < 4.78 is 5.30. The molecule has 0 amide bonds. The third-order valence-corrected chi connectivity index (χ3v) is 3.23. The first-order valence-corrected chi connectivity index (χ1v) is 6.08. The molecule has 0 fully saturated rings. The molecule has 2 rings (SSSR count). The van der Waals surface area contributed by atoms with E-state index in [9.17, 15) is 0 Å². The molecule has 18 heavy (non-hydrogen) atoms. The van der Waals surface area contributed by atoms with Gasteiger partial charge in [-0.1, -0.05) is 18.2 Å². The maximum Gasteiger partial charge on any atom is 0.0705 e. The van der Waals surface area contributed by atoms with Crippen molar-refractivity contribution >= 4 is 10.9 Å². The summed E-state index contributed by atoms with van der Waals surface area (Å²) in [5, 5.41) is 1.13. The fraction of sp³-hybridized carbons (Fsp3) is 0.357. The largest absolute Gasteiger partial charge is 0.382 e. The summed E-state index contributed by atoms with van der Waals surface area (Å²) in [5.41, 5.74) is 5.01. The van der Waals surface area contributed by atoms with Crippen molar-refractivity contribution in [3.63, 3.8) is 0 Å². The predicted octanol–water partition coefficient (Wildman–Crippen LogP) is 2.16. The predicted molar refractivity (Wildman–Crippen MR) is 72.9 cm³/mol. The van der Waals surface area contributed by atoms with Gasteiger partial charge in [-0.15, -0.1) is 0 Å². The van der Waals surface area contributed by atoms with Crippen LogP contribution < -0.4 is 11.3 Å². The molecule has 2 unspecified atom stereocenters. The van der Waals surface area contributed by atoms with Crippen molar-refractivity contribution in [1.29, 1.82) is 0 Å². The van der Waals surface area contributed by atoms with Crippen molar-refractivity contribution in [1.82, 2.24) is 10.4 Å². The number of benzene rings is 1. The summed E-state index contributed by atoms with van der Waals surface area (Å²) in [6, 6.07) is 10.2. The monoisotopic (exact) mass is 245 g/mol. The Labute approximate surface area is 107 Å². The highest BCUT2D eigenvalue weighted by atomic mass is 16.5. The second-order valence-electron chi connectivity index (χ2n) is 4.42. The molecule has 0 saturated carbocycles. The summed E-state index contributed by atoms with van der Waals surface area (Å²) in [7, 11) is 1.71. The molecule has 0 aliphatic carbocycles. The van der Waals surface area contributed by atoms with Gasteiger partial charge in [0.1, 0.15) is 0 Å². The number of pyridine rings is 1. The molecule has 0 aliphatic rings. The van der Waals surface area contributed by atoms with Crippen LogP contribution in [0.1, 0.15) is 24.9 Å². The van der Waals surface area contributed by atoms with Crippen LogP contribution in [0.3, 0.4) is 0 Å². The van der Waals surface area contributed by atoms with Gasteiger partial charge in [0.25, 0.3) is 0 Å². The van der Waals surface area contributed by atoms with Crippen molar-refractivity contribution in [2.24, 2.45) is 5.84 Å². The number of aromatic nitrogens is 1. The minimum atomic E-state index is 0.0628. The molecule has 3 N–H and O–H groups in total. The average Bonchev–Trinajstić information content (AvgIpc) is 2.44. The lowest BCUT2D eigenvalue weighted by atomic mass is 9.97. The first kappa shape index (κ1) is 13.0.